The van der Waals surface area contributed by atoms with Crippen LogP contribution in [0.2, 0.25) is 0 Å². The first kappa shape index (κ1) is 22.7. The summed E-state index contributed by atoms with van der Waals surface area (Å²) in [5, 5.41) is 0. The zero-order valence-corrected chi connectivity index (χ0v) is 17.6. The first-order chi connectivity index (χ1) is 12.1. The molecule has 5 heteroatoms. The van der Waals surface area contributed by atoms with Gasteiger partial charge in [-0.2, -0.15) is 0 Å². The van der Waals surface area contributed by atoms with Crippen molar-refractivity contribution in [3.63, 3.8) is 0 Å². The van der Waals surface area contributed by atoms with Crippen LogP contribution >= 0.6 is 7.80 Å². The van der Waals surface area contributed by atoms with E-state index < -0.39 is 7.80 Å². The number of hydrogen-bond donors (Lipinski definition) is 0. The lowest BCUT2D eigenvalue weighted by Crippen LogP contribution is -2.25. The summed E-state index contributed by atoms with van der Waals surface area (Å²) in [7, 11) is -1.96. The summed E-state index contributed by atoms with van der Waals surface area (Å²) in [5.41, 5.74) is 0. The fourth-order valence-electron chi connectivity index (χ4n) is 3.84. The summed E-state index contributed by atoms with van der Waals surface area (Å²) in [4.78, 5) is 12.4. The largest absolute Gasteiger partial charge is 0.466 e. The molecule has 3 atom stereocenters. The van der Waals surface area contributed by atoms with Crippen molar-refractivity contribution in [3.05, 3.63) is 0 Å². The maximum Gasteiger partial charge on any atom is 0.309 e. The molecular weight excluding hydrogens is 335 g/mol. The quantitative estimate of drug-likeness (QED) is 0.238. The van der Waals surface area contributed by atoms with Crippen molar-refractivity contribution in [2.24, 2.45) is 11.8 Å². The Bertz CT molecular complexity index is 380. The van der Waals surface area contributed by atoms with Crippen molar-refractivity contribution in [2.45, 2.75) is 90.8 Å². The molecule has 1 aliphatic carbocycles. The number of carbonyl (C=O) groups is 1. The fourth-order valence-corrected chi connectivity index (χ4v) is 5.80. The maximum atomic E-state index is 12.9. The lowest BCUT2D eigenvalue weighted by molar-refractivity contribution is -0.147. The van der Waals surface area contributed by atoms with Crippen LogP contribution in [0.1, 0.15) is 85.0 Å². The van der Waals surface area contributed by atoms with Gasteiger partial charge in [0.1, 0.15) is 13.6 Å². The van der Waals surface area contributed by atoms with Gasteiger partial charge >= 0.3 is 5.97 Å². The van der Waals surface area contributed by atoms with Crippen molar-refractivity contribution in [1.82, 2.24) is 0 Å². The summed E-state index contributed by atoms with van der Waals surface area (Å²) in [6.07, 6.45) is 11.7. The molecule has 3 unspecified atom stereocenters. The Hall–Kier alpha value is -0.340. The van der Waals surface area contributed by atoms with Crippen LogP contribution in [0.25, 0.3) is 0 Å². The number of ether oxygens (including phenoxy) is 2. The molecule has 0 N–H and O–H groups in total. The van der Waals surface area contributed by atoms with E-state index in [1.165, 1.54) is 32.1 Å². The third kappa shape index (κ3) is 9.24. The molecule has 1 rings (SSSR count). The van der Waals surface area contributed by atoms with Crippen LogP contribution in [-0.4, -0.2) is 31.2 Å². The molecular formula is C20H39O4P. The fraction of sp³-hybridized carbons (Fsp3) is 0.950. The standard InChI is InChI=1S/C20H39O4P/c1-4-7-9-14-19(23-5-2)25(22)16-18(20(21)24-6-3)15-17-12-10-8-11-13-17/h17-19,25H,4-16H2,1-3H3. The van der Waals surface area contributed by atoms with Gasteiger partial charge in [-0.15, -0.1) is 0 Å². The van der Waals surface area contributed by atoms with Crippen LogP contribution < -0.4 is 0 Å². The molecule has 25 heavy (non-hydrogen) atoms. The Balaban J connectivity index is 2.64. The number of carbonyl (C=O) groups excluding carboxylic acids is 1. The van der Waals surface area contributed by atoms with Gasteiger partial charge in [0.25, 0.3) is 0 Å². The summed E-state index contributed by atoms with van der Waals surface area (Å²) < 4.78 is 24.0. The Morgan fingerprint density at radius 2 is 1.80 bits per heavy atom. The minimum absolute atomic E-state index is 0.157. The van der Waals surface area contributed by atoms with E-state index in [9.17, 15) is 9.36 Å². The van der Waals surface area contributed by atoms with E-state index in [1.54, 1.807) is 0 Å². The summed E-state index contributed by atoms with van der Waals surface area (Å²) in [6, 6.07) is 0. The van der Waals surface area contributed by atoms with E-state index in [-0.39, 0.29) is 17.7 Å². The van der Waals surface area contributed by atoms with E-state index in [2.05, 4.69) is 6.92 Å². The summed E-state index contributed by atoms with van der Waals surface area (Å²) in [6.45, 7) is 6.94. The Kier molecular flexibility index (Phi) is 12.5. The van der Waals surface area contributed by atoms with Crippen LogP contribution in [0.15, 0.2) is 0 Å². The highest BCUT2D eigenvalue weighted by atomic mass is 31.1. The molecule has 1 aliphatic rings. The molecule has 0 saturated heterocycles. The van der Waals surface area contributed by atoms with Gasteiger partial charge in [0, 0.05) is 12.8 Å². The molecule has 0 aromatic rings. The molecule has 1 saturated carbocycles. The van der Waals surface area contributed by atoms with E-state index in [0.717, 1.165) is 32.1 Å². The van der Waals surface area contributed by atoms with Crippen LogP contribution in [0.5, 0.6) is 0 Å². The van der Waals surface area contributed by atoms with Crippen molar-refractivity contribution < 1.29 is 18.8 Å². The normalized spacial score (nSPS) is 19.3. The smallest absolute Gasteiger partial charge is 0.309 e. The minimum Gasteiger partial charge on any atom is -0.466 e. The average molecular weight is 375 g/mol. The summed E-state index contributed by atoms with van der Waals surface area (Å²) >= 11 is 0. The van der Waals surface area contributed by atoms with E-state index >= 15 is 0 Å². The molecule has 0 spiro atoms. The Morgan fingerprint density at radius 1 is 1.08 bits per heavy atom. The van der Waals surface area contributed by atoms with Gasteiger partial charge in [0.05, 0.1) is 12.5 Å². The van der Waals surface area contributed by atoms with Crippen LogP contribution in [0.4, 0.5) is 0 Å². The number of hydrogen-bond acceptors (Lipinski definition) is 4. The van der Waals surface area contributed by atoms with E-state index in [4.69, 9.17) is 9.47 Å². The molecule has 0 aromatic heterocycles. The molecule has 0 heterocycles. The van der Waals surface area contributed by atoms with Crippen LogP contribution in [-0.2, 0) is 18.8 Å². The van der Waals surface area contributed by atoms with Crippen molar-refractivity contribution in [2.75, 3.05) is 19.4 Å². The highest BCUT2D eigenvalue weighted by Gasteiger charge is 2.29. The van der Waals surface area contributed by atoms with Crippen molar-refractivity contribution in [3.8, 4) is 0 Å². The second-order valence-electron chi connectivity index (χ2n) is 7.30. The Labute approximate surface area is 155 Å². The van der Waals surface area contributed by atoms with Crippen LogP contribution in [0, 0.1) is 11.8 Å². The van der Waals surface area contributed by atoms with Crippen molar-refractivity contribution >= 4 is 13.8 Å². The SMILES string of the molecule is CCCCCC(OCC)[PH](=O)CC(CC1CCCCC1)C(=O)OCC. The topological polar surface area (TPSA) is 52.6 Å². The number of rotatable bonds is 13. The summed E-state index contributed by atoms with van der Waals surface area (Å²) in [5.74, 6) is 0.0345. The molecule has 0 aliphatic heterocycles. The second-order valence-corrected chi connectivity index (χ2v) is 9.28. The van der Waals surface area contributed by atoms with Gasteiger partial charge < -0.3 is 14.0 Å². The van der Waals surface area contributed by atoms with Gasteiger partial charge in [-0.05, 0) is 32.6 Å². The molecule has 148 valence electrons. The highest BCUT2D eigenvalue weighted by Crippen LogP contribution is 2.38. The lowest BCUT2D eigenvalue weighted by atomic mass is 9.83. The van der Waals surface area contributed by atoms with Gasteiger partial charge in [0.15, 0.2) is 0 Å². The van der Waals surface area contributed by atoms with E-state index in [0.29, 0.717) is 25.3 Å². The number of unbranched alkanes of at least 4 members (excludes halogenated alkanes) is 2. The zero-order valence-electron chi connectivity index (χ0n) is 16.6. The Morgan fingerprint density at radius 3 is 2.40 bits per heavy atom. The zero-order chi connectivity index (χ0) is 18.5. The van der Waals surface area contributed by atoms with Gasteiger partial charge in [-0.3, -0.25) is 4.79 Å². The van der Waals surface area contributed by atoms with Gasteiger partial charge in [-0.1, -0.05) is 58.3 Å². The van der Waals surface area contributed by atoms with Gasteiger partial charge in [0.2, 0.25) is 0 Å². The molecule has 0 bridgehead atoms. The highest BCUT2D eigenvalue weighted by molar-refractivity contribution is 7.45. The number of esters is 1. The molecule has 0 radical (unpaired) electrons. The van der Waals surface area contributed by atoms with Gasteiger partial charge in [-0.25, -0.2) is 0 Å². The second kappa shape index (κ2) is 13.8. The van der Waals surface area contributed by atoms with Crippen molar-refractivity contribution in [1.29, 1.82) is 0 Å². The predicted molar refractivity (Wildman–Crippen MR) is 105 cm³/mol. The molecule has 0 aromatic carbocycles. The third-order valence-corrected chi connectivity index (χ3v) is 7.28. The predicted octanol–water partition coefficient (Wildman–Crippen LogP) is 5.64. The molecule has 1 fully saturated rings. The maximum absolute atomic E-state index is 12.9. The monoisotopic (exact) mass is 374 g/mol. The lowest BCUT2D eigenvalue weighted by Gasteiger charge is -2.26. The van der Waals surface area contributed by atoms with E-state index in [1.807, 2.05) is 13.8 Å². The first-order valence-corrected chi connectivity index (χ1v) is 12.1. The first-order valence-electron chi connectivity index (χ1n) is 10.4. The van der Waals surface area contributed by atoms with Crippen LogP contribution in [0.3, 0.4) is 0 Å². The minimum atomic E-state index is -1.96. The molecule has 4 nitrogen and oxygen atoms in total. The third-order valence-electron chi connectivity index (χ3n) is 5.21. The average Bonchev–Trinajstić information content (AvgIpc) is 2.61. The molecule has 0 amide bonds.